The van der Waals surface area contributed by atoms with Gasteiger partial charge in [-0.2, -0.15) is 5.10 Å². The number of halogens is 1. The number of aliphatic hydroxyl groups excluding tert-OH is 1. The number of nitrogens with one attached hydrogen (secondary N) is 1. The second-order valence-electron chi connectivity index (χ2n) is 4.13. The summed E-state index contributed by atoms with van der Waals surface area (Å²) in [6.07, 6.45) is 1.79. The normalized spacial score (nSPS) is 13.1. The van der Waals surface area contributed by atoms with Gasteiger partial charge in [0.15, 0.2) is 0 Å². The van der Waals surface area contributed by atoms with E-state index in [1.165, 1.54) is 0 Å². The van der Waals surface area contributed by atoms with Gasteiger partial charge in [-0.25, -0.2) is 0 Å². The predicted octanol–water partition coefficient (Wildman–Crippen LogP) is 1.63. The molecule has 16 heavy (non-hydrogen) atoms. The molecular formula is C11H20ClN3O. The lowest BCUT2D eigenvalue weighted by molar-refractivity contribution is 0.276. The molecule has 5 heteroatoms. The van der Waals surface area contributed by atoms with Gasteiger partial charge >= 0.3 is 0 Å². The number of rotatable bonds is 6. The first kappa shape index (κ1) is 13.5. The van der Waals surface area contributed by atoms with Crippen molar-refractivity contribution in [2.45, 2.75) is 39.3 Å². The Kier molecular flexibility index (Phi) is 5.25. The molecule has 1 atom stereocenters. The average Bonchev–Trinajstić information content (AvgIpc) is 2.48. The average molecular weight is 246 g/mol. The van der Waals surface area contributed by atoms with Crippen LogP contribution in [0.5, 0.6) is 0 Å². The number of aliphatic hydroxyl groups is 1. The molecule has 0 aliphatic carbocycles. The molecular weight excluding hydrogens is 226 g/mol. The van der Waals surface area contributed by atoms with Crippen molar-refractivity contribution in [1.82, 2.24) is 15.1 Å². The van der Waals surface area contributed by atoms with Crippen LogP contribution in [0.3, 0.4) is 0 Å². The van der Waals surface area contributed by atoms with Crippen LogP contribution in [0.4, 0.5) is 0 Å². The van der Waals surface area contributed by atoms with Crippen LogP contribution in [0.15, 0.2) is 0 Å². The minimum atomic E-state index is 0.249. The van der Waals surface area contributed by atoms with Gasteiger partial charge in [-0.15, -0.1) is 0 Å². The van der Waals surface area contributed by atoms with E-state index in [4.69, 9.17) is 16.7 Å². The molecule has 0 aromatic carbocycles. The highest BCUT2D eigenvalue weighted by Gasteiger charge is 2.11. The van der Waals surface area contributed by atoms with Gasteiger partial charge in [0.25, 0.3) is 0 Å². The molecule has 1 rings (SSSR count). The highest BCUT2D eigenvalue weighted by Crippen LogP contribution is 2.18. The third-order valence-corrected chi connectivity index (χ3v) is 3.17. The van der Waals surface area contributed by atoms with Crippen LogP contribution in [-0.2, 0) is 13.6 Å². The first-order chi connectivity index (χ1) is 7.56. The van der Waals surface area contributed by atoms with Gasteiger partial charge in [0.2, 0.25) is 0 Å². The third-order valence-electron chi connectivity index (χ3n) is 2.69. The monoisotopic (exact) mass is 245 g/mol. The summed E-state index contributed by atoms with van der Waals surface area (Å²) in [5.74, 6) is 0. The molecule has 92 valence electrons. The number of aryl methyl sites for hydroxylation is 2. The molecule has 0 aliphatic heterocycles. The minimum Gasteiger partial charge on any atom is -0.396 e. The van der Waals surface area contributed by atoms with Crippen LogP contribution >= 0.6 is 11.6 Å². The fraction of sp³-hybridized carbons (Fsp3) is 0.727. The molecule has 0 saturated heterocycles. The standard InChI is InChI=1S/C11H20ClN3O/c1-8(5-4-6-16)13-7-10-9(2)14-15(3)11(10)12/h8,13,16H,4-7H2,1-3H3. The van der Waals surface area contributed by atoms with Crippen LogP contribution in [-0.4, -0.2) is 27.5 Å². The molecule has 0 spiro atoms. The van der Waals surface area contributed by atoms with Gasteiger partial charge in [-0.3, -0.25) is 4.68 Å². The largest absolute Gasteiger partial charge is 0.396 e. The Labute approximate surface area is 102 Å². The summed E-state index contributed by atoms with van der Waals surface area (Å²) in [6.45, 7) is 5.04. The van der Waals surface area contributed by atoms with Crippen LogP contribution < -0.4 is 5.32 Å². The first-order valence-corrected chi connectivity index (χ1v) is 5.96. The Morgan fingerprint density at radius 3 is 2.75 bits per heavy atom. The maximum absolute atomic E-state index is 8.73. The molecule has 0 amide bonds. The van der Waals surface area contributed by atoms with Crippen LogP contribution in [0, 0.1) is 6.92 Å². The van der Waals surface area contributed by atoms with E-state index >= 15 is 0 Å². The topological polar surface area (TPSA) is 50.1 Å². The van der Waals surface area contributed by atoms with E-state index in [9.17, 15) is 0 Å². The van der Waals surface area contributed by atoms with Gasteiger partial charge in [0.05, 0.1) is 5.69 Å². The second-order valence-corrected chi connectivity index (χ2v) is 4.48. The molecule has 0 bridgehead atoms. The van der Waals surface area contributed by atoms with Gasteiger partial charge in [0.1, 0.15) is 5.15 Å². The molecule has 4 nitrogen and oxygen atoms in total. The van der Waals surface area contributed by atoms with Crippen molar-refractivity contribution in [3.05, 3.63) is 16.4 Å². The zero-order valence-electron chi connectivity index (χ0n) is 10.1. The molecule has 1 aromatic rings. The number of aromatic nitrogens is 2. The third kappa shape index (κ3) is 3.47. The summed E-state index contributed by atoms with van der Waals surface area (Å²) in [4.78, 5) is 0. The Morgan fingerprint density at radius 2 is 2.25 bits per heavy atom. The molecule has 0 fully saturated rings. The number of nitrogens with zero attached hydrogens (tertiary/aromatic N) is 2. The Hall–Kier alpha value is -0.580. The van der Waals surface area contributed by atoms with Crippen LogP contribution in [0.25, 0.3) is 0 Å². The lowest BCUT2D eigenvalue weighted by atomic mass is 10.1. The number of hydrogen-bond acceptors (Lipinski definition) is 3. The maximum atomic E-state index is 8.73. The highest BCUT2D eigenvalue weighted by molar-refractivity contribution is 6.30. The van der Waals surface area contributed by atoms with Crippen LogP contribution in [0.1, 0.15) is 31.0 Å². The summed E-state index contributed by atoms with van der Waals surface area (Å²) in [5, 5.41) is 17.1. The van der Waals surface area contributed by atoms with Gasteiger partial charge in [0, 0.05) is 31.8 Å². The summed E-state index contributed by atoms with van der Waals surface area (Å²) in [7, 11) is 1.84. The molecule has 0 radical (unpaired) electrons. The Morgan fingerprint density at radius 1 is 1.56 bits per heavy atom. The van der Waals surface area contributed by atoms with E-state index in [1.54, 1.807) is 4.68 Å². The highest BCUT2D eigenvalue weighted by atomic mass is 35.5. The molecule has 1 aromatic heterocycles. The fourth-order valence-electron chi connectivity index (χ4n) is 1.65. The summed E-state index contributed by atoms with van der Waals surface area (Å²) >= 11 is 6.12. The van der Waals surface area contributed by atoms with Crippen molar-refractivity contribution in [1.29, 1.82) is 0 Å². The van der Waals surface area contributed by atoms with Crippen molar-refractivity contribution in [2.75, 3.05) is 6.61 Å². The van der Waals surface area contributed by atoms with E-state index in [-0.39, 0.29) is 6.61 Å². The van der Waals surface area contributed by atoms with Crippen molar-refractivity contribution >= 4 is 11.6 Å². The minimum absolute atomic E-state index is 0.249. The van der Waals surface area contributed by atoms with Gasteiger partial charge in [-0.1, -0.05) is 11.6 Å². The quantitative estimate of drug-likeness (QED) is 0.801. The van der Waals surface area contributed by atoms with Crippen LogP contribution in [0.2, 0.25) is 5.15 Å². The van der Waals surface area contributed by atoms with E-state index in [0.29, 0.717) is 11.2 Å². The SMILES string of the molecule is Cc1nn(C)c(Cl)c1CNC(C)CCCO. The Bertz CT molecular complexity index is 338. The van der Waals surface area contributed by atoms with E-state index < -0.39 is 0 Å². The maximum Gasteiger partial charge on any atom is 0.131 e. The zero-order valence-corrected chi connectivity index (χ0v) is 10.9. The lowest BCUT2D eigenvalue weighted by Gasteiger charge is -2.12. The van der Waals surface area contributed by atoms with E-state index in [1.807, 2.05) is 14.0 Å². The molecule has 0 aliphatic rings. The molecule has 1 heterocycles. The van der Waals surface area contributed by atoms with E-state index in [2.05, 4.69) is 17.3 Å². The summed E-state index contributed by atoms with van der Waals surface area (Å²) < 4.78 is 1.69. The second kappa shape index (κ2) is 6.23. The van der Waals surface area contributed by atoms with Crippen molar-refractivity contribution < 1.29 is 5.11 Å². The van der Waals surface area contributed by atoms with Crippen molar-refractivity contribution in [3.63, 3.8) is 0 Å². The van der Waals surface area contributed by atoms with E-state index in [0.717, 1.165) is 30.6 Å². The molecule has 1 unspecified atom stereocenters. The smallest absolute Gasteiger partial charge is 0.131 e. The summed E-state index contributed by atoms with van der Waals surface area (Å²) in [5.41, 5.74) is 2.02. The molecule has 2 N–H and O–H groups in total. The van der Waals surface area contributed by atoms with Gasteiger partial charge < -0.3 is 10.4 Å². The fourth-order valence-corrected chi connectivity index (χ4v) is 1.89. The van der Waals surface area contributed by atoms with Gasteiger partial charge in [-0.05, 0) is 26.7 Å². The van der Waals surface area contributed by atoms with Crippen molar-refractivity contribution in [3.8, 4) is 0 Å². The predicted molar refractivity (Wildman–Crippen MR) is 65.6 cm³/mol. The Balaban J connectivity index is 2.48. The number of hydrogen-bond donors (Lipinski definition) is 2. The summed E-state index contributed by atoms with van der Waals surface area (Å²) in [6, 6.07) is 0.378. The first-order valence-electron chi connectivity index (χ1n) is 5.58. The van der Waals surface area contributed by atoms with Crippen molar-refractivity contribution in [2.24, 2.45) is 7.05 Å². The lowest BCUT2D eigenvalue weighted by Crippen LogP contribution is -2.25. The zero-order chi connectivity index (χ0) is 12.1. The molecule has 0 saturated carbocycles.